The molecule has 0 saturated carbocycles. The highest BCUT2D eigenvalue weighted by atomic mass is 32.1. The van der Waals surface area contributed by atoms with E-state index in [1.54, 1.807) is 30.7 Å². The number of hydrogen-bond acceptors (Lipinski definition) is 8. The van der Waals surface area contributed by atoms with Crippen LogP contribution in [-0.4, -0.2) is 94.5 Å². The van der Waals surface area contributed by atoms with Crippen LogP contribution in [0.25, 0.3) is 11.3 Å². The number of pyridine rings is 1. The number of piperazine rings is 1. The SMILES string of the molecule is Cc1ccc(NC(=O)Nc2sc(C(C)(C)C)nc2C(=O)N2CCN(C)C(=O)C2(C)C)cc1-c1ccc(CN2CCOCC2)cn1. The van der Waals surface area contributed by atoms with E-state index >= 15 is 0 Å². The van der Waals surface area contributed by atoms with Gasteiger partial charge in [0.2, 0.25) is 5.91 Å². The summed E-state index contributed by atoms with van der Waals surface area (Å²) in [5, 5.41) is 6.84. The number of carbonyl (C=O) groups excluding carboxylic acids is 3. The van der Waals surface area contributed by atoms with E-state index in [9.17, 15) is 14.4 Å². The number of likely N-dealkylation sites (N-methyl/N-ethyl adjacent to an activating group) is 1. The standard InChI is InChI=1S/C33H43N7O4S/c1-21-8-10-23(18-24(21)25-11-9-22(19-34-25)20-39-14-16-44-17-15-39)35-31(43)37-27-26(36-29(45-27)32(2,3)4)28(41)40-13-12-38(7)30(42)33(40,5)6/h8-11,18-19H,12-17,20H2,1-7H3,(H2,35,37,43). The van der Waals surface area contributed by atoms with Crippen molar-refractivity contribution in [3.63, 3.8) is 0 Å². The molecule has 0 unspecified atom stereocenters. The molecule has 3 aromatic rings. The van der Waals surface area contributed by atoms with E-state index in [1.807, 2.05) is 58.2 Å². The summed E-state index contributed by atoms with van der Waals surface area (Å²) in [4.78, 5) is 55.0. The van der Waals surface area contributed by atoms with Gasteiger partial charge in [-0.05, 0) is 50.1 Å². The summed E-state index contributed by atoms with van der Waals surface area (Å²) in [5.74, 6) is -0.527. The first kappa shape index (κ1) is 32.5. The lowest BCUT2D eigenvalue weighted by molar-refractivity contribution is -0.144. The van der Waals surface area contributed by atoms with Crippen LogP contribution in [-0.2, 0) is 21.5 Å². The van der Waals surface area contributed by atoms with Crippen molar-refractivity contribution in [1.82, 2.24) is 24.7 Å². The zero-order valence-electron chi connectivity index (χ0n) is 27.2. The van der Waals surface area contributed by atoms with Crippen molar-refractivity contribution in [3.8, 4) is 11.3 Å². The number of anilines is 2. The Hall–Kier alpha value is -3.87. The molecule has 2 saturated heterocycles. The Morgan fingerprint density at radius 2 is 1.78 bits per heavy atom. The molecular weight excluding hydrogens is 590 g/mol. The molecule has 11 nitrogen and oxygen atoms in total. The highest BCUT2D eigenvalue weighted by Crippen LogP contribution is 2.35. The van der Waals surface area contributed by atoms with Crippen LogP contribution in [0, 0.1) is 6.92 Å². The summed E-state index contributed by atoms with van der Waals surface area (Å²) >= 11 is 1.27. The summed E-state index contributed by atoms with van der Waals surface area (Å²) < 4.78 is 5.45. The fraction of sp³-hybridized carbons (Fsp3) is 0.485. The first-order valence-corrected chi connectivity index (χ1v) is 16.1. The Morgan fingerprint density at radius 3 is 2.44 bits per heavy atom. The molecule has 5 rings (SSSR count). The zero-order valence-corrected chi connectivity index (χ0v) is 28.0. The topological polar surface area (TPSA) is 120 Å². The van der Waals surface area contributed by atoms with Gasteiger partial charge in [0.25, 0.3) is 5.91 Å². The fourth-order valence-corrected chi connectivity index (χ4v) is 6.51. The molecule has 45 heavy (non-hydrogen) atoms. The van der Waals surface area contributed by atoms with Crippen LogP contribution in [0.1, 0.15) is 61.2 Å². The maximum Gasteiger partial charge on any atom is 0.324 e. The number of ether oxygens (including phenoxy) is 1. The first-order chi connectivity index (χ1) is 21.2. The smallest absolute Gasteiger partial charge is 0.324 e. The Bertz CT molecular complexity index is 1570. The number of benzene rings is 1. The Labute approximate surface area is 269 Å². The molecule has 4 amide bonds. The highest BCUT2D eigenvalue weighted by molar-refractivity contribution is 7.16. The van der Waals surface area contributed by atoms with Gasteiger partial charge in [0.15, 0.2) is 5.69 Å². The average Bonchev–Trinajstić information content (AvgIpc) is 3.42. The van der Waals surface area contributed by atoms with E-state index in [4.69, 9.17) is 9.72 Å². The van der Waals surface area contributed by atoms with Crippen LogP contribution in [0.4, 0.5) is 15.5 Å². The van der Waals surface area contributed by atoms with Crippen LogP contribution in [0.2, 0.25) is 0 Å². The number of urea groups is 1. The molecule has 240 valence electrons. The molecular formula is C33H43N7O4S. The molecule has 0 spiro atoms. The molecule has 2 fully saturated rings. The largest absolute Gasteiger partial charge is 0.379 e. The van der Waals surface area contributed by atoms with Gasteiger partial charge in [-0.15, -0.1) is 0 Å². The summed E-state index contributed by atoms with van der Waals surface area (Å²) in [6.45, 7) is 16.5. The van der Waals surface area contributed by atoms with Gasteiger partial charge < -0.3 is 19.9 Å². The van der Waals surface area contributed by atoms with Gasteiger partial charge in [-0.2, -0.15) is 0 Å². The third-order valence-corrected chi connectivity index (χ3v) is 9.65. The molecule has 1 aromatic carbocycles. The Balaban J connectivity index is 1.33. The lowest BCUT2D eigenvalue weighted by atomic mass is 9.97. The maximum atomic E-state index is 13.9. The van der Waals surface area contributed by atoms with Crippen molar-refractivity contribution in [3.05, 3.63) is 58.4 Å². The maximum absolute atomic E-state index is 13.9. The highest BCUT2D eigenvalue weighted by Gasteiger charge is 2.44. The van der Waals surface area contributed by atoms with Gasteiger partial charge in [-0.25, -0.2) is 9.78 Å². The average molecular weight is 634 g/mol. The first-order valence-electron chi connectivity index (χ1n) is 15.3. The van der Waals surface area contributed by atoms with Gasteiger partial charge in [0.05, 0.1) is 18.9 Å². The summed E-state index contributed by atoms with van der Waals surface area (Å²) in [7, 11) is 1.73. The van der Waals surface area contributed by atoms with Gasteiger partial charge >= 0.3 is 6.03 Å². The Morgan fingerprint density at radius 1 is 1.04 bits per heavy atom. The van der Waals surface area contributed by atoms with Crippen LogP contribution >= 0.6 is 11.3 Å². The number of morpholine rings is 1. The molecule has 0 bridgehead atoms. The van der Waals surface area contributed by atoms with Gasteiger partial charge in [0.1, 0.15) is 15.5 Å². The fourth-order valence-electron chi connectivity index (χ4n) is 5.50. The van der Waals surface area contributed by atoms with Crippen molar-refractivity contribution in [2.24, 2.45) is 0 Å². The number of amides is 4. The molecule has 0 atom stereocenters. The third kappa shape index (κ3) is 7.18. The van der Waals surface area contributed by atoms with Crippen molar-refractivity contribution in [1.29, 1.82) is 0 Å². The lowest BCUT2D eigenvalue weighted by Crippen LogP contribution is -2.63. The van der Waals surface area contributed by atoms with Crippen molar-refractivity contribution < 1.29 is 19.1 Å². The summed E-state index contributed by atoms with van der Waals surface area (Å²) in [5.41, 5.74) is 3.24. The van der Waals surface area contributed by atoms with Crippen LogP contribution < -0.4 is 10.6 Å². The second-order valence-corrected chi connectivity index (χ2v) is 14.2. The molecule has 12 heteroatoms. The number of hydrogen-bond donors (Lipinski definition) is 2. The quantitative estimate of drug-likeness (QED) is 0.393. The van der Waals surface area contributed by atoms with Crippen molar-refractivity contribution in [2.45, 2.75) is 59.0 Å². The van der Waals surface area contributed by atoms with Crippen LogP contribution in [0.3, 0.4) is 0 Å². The minimum absolute atomic E-state index is 0.136. The van der Waals surface area contributed by atoms with Gasteiger partial charge in [0, 0.05) is 62.6 Å². The predicted molar refractivity (Wildman–Crippen MR) is 177 cm³/mol. The number of rotatable bonds is 6. The zero-order chi connectivity index (χ0) is 32.5. The normalized spacial score (nSPS) is 17.4. The summed E-state index contributed by atoms with van der Waals surface area (Å²) in [6.07, 6.45) is 1.90. The molecule has 2 aromatic heterocycles. The molecule has 2 aliphatic heterocycles. The second-order valence-electron chi connectivity index (χ2n) is 13.2. The van der Waals surface area contributed by atoms with E-state index in [-0.39, 0.29) is 22.9 Å². The van der Waals surface area contributed by atoms with Crippen molar-refractivity contribution >= 4 is 39.9 Å². The number of carbonyl (C=O) groups is 3. The molecule has 0 aliphatic carbocycles. The Kier molecular flexibility index (Phi) is 9.29. The number of nitrogens with zero attached hydrogens (tertiary/aromatic N) is 5. The van der Waals surface area contributed by atoms with Gasteiger partial charge in [-0.1, -0.05) is 44.2 Å². The minimum Gasteiger partial charge on any atom is -0.379 e. The molecule has 4 heterocycles. The predicted octanol–water partition coefficient (Wildman–Crippen LogP) is 4.98. The third-order valence-electron chi connectivity index (χ3n) is 8.25. The second kappa shape index (κ2) is 12.9. The van der Waals surface area contributed by atoms with E-state index < -0.39 is 11.6 Å². The van der Waals surface area contributed by atoms with E-state index in [1.165, 1.54) is 11.3 Å². The van der Waals surface area contributed by atoms with E-state index in [2.05, 4.69) is 26.6 Å². The molecule has 0 radical (unpaired) electrons. The van der Waals surface area contributed by atoms with E-state index in [0.29, 0.717) is 28.8 Å². The lowest BCUT2D eigenvalue weighted by Gasteiger charge is -2.44. The number of nitrogens with one attached hydrogen (secondary N) is 2. The number of aromatic nitrogens is 2. The van der Waals surface area contributed by atoms with Crippen LogP contribution in [0.15, 0.2) is 36.5 Å². The van der Waals surface area contributed by atoms with Crippen molar-refractivity contribution in [2.75, 3.05) is 57.1 Å². The summed E-state index contributed by atoms with van der Waals surface area (Å²) in [6, 6.07) is 9.29. The number of aryl methyl sites for hydroxylation is 1. The van der Waals surface area contributed by atoms with Crippen LogP contribution in [0.5, 0.6) is 0 Å². The van der Waals surface area contributed by atoms with Gasteiger partial charge in [-0.3, -0.25) is 24.8 Å². The monoisotopic (exact) mass is 633 g/mol. The minimum atomic E-state index is -1.04. The molecule has 2 aliphatic rings. The molecule has 2 N–H and O–H groups in total. The van der Waals surface area contributed by atoms with E-state index in [0.717, 1.165) is 55.2 Å². The number of thiazole rings is 1.